The highest BCUT2D eigenvalue weighted by atomic mass is 16.5. The summed E-state index contributed by atoms with van der Waals surface area (Å²) in [5.74, 6) is 3.87. The predicted molar refractivity (Wildman–Crippen MR) is 161 cm³/mol. The number of rotatable bonds is 12. The summed E-state index contributed by atoms with van der Waals surface area (Å²) in [6, 6.07) is 3.86. The molecule has 1 aliphatic carbocycles. The van der Waals surface area contributed by atoms with E-state index in [1.165, 1.54) is 12.8 Å². The molecule has 2 atom stereocenters. The molecule has 7 heteroatoms. The van der Waals surface area contributed by atoms with Crippen LogP contribution in [-0.4, -0.2) is 45.8 Å². The largest absolute Gasteiger partial charge is 0.494 e. The topological polar surface area (TPSA) is 85.7 Å². The number of fused-ring (bicyclic) bond motifs is 1. The number of nitrogens with two attached hydrogens (primary N) is 1. The van der Waals surface area contributed by atoms with Gasteiger partial charge in [-0.2, -0.15) is 0 Å². The average Bonchev–Trinajstić information content (AvgIpc) is 3.59. The van der Waals surface area contributed by atoms with E-state index in [9.17, 15) is 4.79 Å². The molecule has 0 spiro atoms. The normalized spacial score (nSPS) is 19.3. The third-order valence-electron chi connectivity index (χ3n) is 8.13. The minimum Gasteiger partial charge on any atom is -0.494 e. The van der Waals surface area contributed by atoms with Gasteiger partial charge in [0, 0.05) is 42.9 Å². The minimum atomic E-state index is 0.0943. The second-order valence-electron chi connectivity index (χ2n) is 11.5. The van der Waals surface area contributed by atoms with E-state index in [1.54, 1.807) is 7.11 Å². The molecule has 2 N–H and O–H groups in total. The van der Waals surface area contributed by atoms with Crippen molar-refractivity contribution in [2.75, 3.05) is 13.7 Å². The van der Waals surface area contributed by atoms with E-state index in [0.717, 1.165) is 59.0 Å². The number of amidine groups is 1. The predicted octanol–water partition coefficient (Wildman–Crippen LogP) is 6.50. The number of ether oxygens (including phenoxy) is 1. The Morgan fingerprint density at radius 1 is 1.33 bits per heavy atom. The van der Waals surface area contributed by atoms with Gasteiger partial charge in [-0.15, -0.1) is 0 Å². The van der Waals surface area contributed by atoms with Gasteiger partial charge in [-0.25, -0.2) is 9.98 Å². The van der Waals surface area contributed by atoms with Crippen molar-refractivity contribution in [2.45, 2.75) is 72.8 Å². The Morgan fingerprint density at radius 3 is 2.62 bits per heavy atom. The quantitative estimate of drug-likeness (QED) is 0.316. The highest BCUT2D eigenvalue weighted by Gasteiger charge is 2.35. The number of methoxy groups -OCH3 is 1. The lowest BCUT2D eigenvalue weighted by molar-refractivity contribution is 0.0969. The molecule has 2 heterocycles. The molecule has 0 amide bonds. The van der Waals surface area contributed by atoms with Crippen molar-refractivity contribution in [2.24, 2.45) is 35.5 Å². The summed E-state index contributed by atoms with van der Waals surface area (Å²) in [6.45, 7) is 15.3. The van der Waals surface area contributed by atoms with E-state index in [-0.39, 0.29) is 11.8 Å². The number of imidazole rings is 1. The van der Waals surface area contributed by atoms with Crippen LogP contribution in [0.4, 0.5) is 0 Å². The van der Waals surface area contributed by atoms with Gasteiger partial charge in [0.1, 0.15) is 17.1 Å². The van der Waals surface area contributed by atoms with E-state index < -0.39 is 0 Å². The maximum atomic E-state index is 13.3. The standard InChI is InChI=1S/C32H45N5O2/c1-9-22(29(33)19(3)4)13-14-27(38)24-15-25-30(28(17-24)39-8)36(7)32(35-25)26-16-23(10-2)31(34-20(5)6)37(26)18-21-11-12-21/h10,15-17,19,21-22,29H,5,9,11-14,18,33H2,1-4,6-8H3/b23-10-,34-31+. The van der Waals surface area contributed by atoms with Gasteiger partial charge in [0.25, 0.3) is 0 Å². The number of aryl methyl sites for hydroxylation is 1. The number of aliphatic imine (C=N–C) groups is 1. The smallest absolute Gasteiger partial charge is 0.163 e. The molecular formula is C32H45N5O2. The Hall–Kier alpha value is -3.19. The van der Waals surface area contributed by atoms with Crippen molar-refractivity contribution < 1.29 is 9.53 Å². The summed E-state index contributed by atoms with van der Waals surface area (Å²) in [7, 11) is 3.65. The molecule has 2 unspecified atom stereocenters. The lowest BCUT2D eigenvalue weighted by atomic mass is 9.85. The highest BCUT2D eigenvalue weighted by molar-refractivity contribution is 6.11. The lowest BCUT2D eigenvalue weighted by Gasteiger charge is -2.25. The van der Waals surface area contributed by atoms with Gasteiger partial charge < -0.3 is 19.9 Å². The van der Waals surface area contributed by atoms with Crippen molar-refractivity contribution >= 4 is 28.3 Å². The molecule has 2 aromatic rings. The van der Waals surface area contributed by atoms with Crippen LogP contribution in [0.15, 0.2) is 47.1 Å². The van der Waals surface area contributed by atoms with Crippen LogP contribution in [-0.2, 0) is 7.05 Å². The van der Waals surface area contributed by atoms with Crippen LogP contribution in [0.5, 0.6) is 5.75 Å². The first-order valence-electron chi connectivity index (χ1n) is 14.3. The van der Waals surface area contributed by atoms with Crippen molar-refractivity contribution in [1.29, 1.82) is 0 Å². The number of hydrogen-bond donors (Lipinski definition) is 1. The number of hydrogen-bond acceptors (Lipinski definition) is 5. The van der Waals surface area contributed by atoms with Crippen molar-refractivity contribution in [3.05, 3.63) is 53.5 Å². The minimum absolute atomic E-state index is 0.0943. The third kappa shape index (κ3) is 6.03. The first kappa shape index (κ1) is 28.8. The number of aromatic nitrogens is 2. The highest BCUT2D eigenvalue weighted by Crippen LogP contribution is 2.39. The van der Waals surface area contributed by atoms with E-state index in [4.69, 9.17) is 20.4 Å². The van der Waals surface area contributed by atoms with Crippen LogP contribution in [0.2, 0.25) is 0 Å². The molecule has 1 aliphatic heterocycles. The van der Waals surface area contributed by atoms with Crippen LogP contribution >= 0.6 is 0 Å². The molecule has 7 nitrogen and oxygen atoms in total. The van der Waals surface area contributed by atoms with Gasteiger partial charge in [-0.1, -0.05) is 39.8 Å². The summed E-state index contributed by atoms with van der Waals surface area (Å²) in [5.41, 5.74) is 11.5. The molecule has 1 saturated carbocycles. The molecular weight excluding hydrogens is 486 g/mol. The molecule has 210 valence electrons. The number of carbonyl (C=O) groups excluding carboxylic acids is 1. The Balaban J connectivity index is 1.70. The first-order valence-corrected chi connectivity index (χ1v) is 14.3. The number of Topliss-reactive ketones (excluding diaryl/α,β-unsaturated/α-hetero) is 1. The molecule has 1 aromatic heterocycles. The molecule has 0 bridgehead atoms. The average molecular weight is 532 g/mol. The zero-order chi connectivity index (χ0) is 28.4. The lowest BCUT2D eigenvalue weighted by Crippen LogP contribution is -2.35. The summed E-state index contributed by atoms with van der Waals surface area (Å²) in [6.07, 6.45) is 8.92. The first-order chi connectivity index (χ1) is 18.6. The number of benzene rings is 1. The van der Waals surface area contributed by atoms with E-state index in [2.05, 4.69) is 49.0 Å². The summed E-state index contributed by atoms with van der Waals surface area (Å²) >= 11 is 0. The molecule has 4 rings (SSSR count). The Labute approximate surface area is 233 Å². The fourth-order valence-corrected chi connectivity index (χ4v) is 5.54. The van der Waals surface area contributed by atoms with Gasteiger partial charge >= 0.3 is 0 Å². The number of allylic oxidation sites excluding steroid dienone is 2. The van der Waals surface area contributed by atoms with Crippen molar-refractivity contribution in [1.82, 2.24) is 14.5 Å². The SMILES string of the molecule is C=C(C)/N=C1\C(=C/C)C=C(c2nc3cc(C(=O)CCC(CC)C(N)C(C)C)cc(OC)c3n2C)N1CC1CC1. The van der Waals surface area contributed by atoms with E-state index in [1.807, 2.05) is 33.0 Å². The molecule has 0 radical (unpaired) electrons. The van der Waals surface area contributed by atoms with Crippen LogP contribution in [0.25, 0.3) is 16.7 Å². The zero-order valence-electron chi connectivity index (χ0n) is 24.8. The maximum absolute atomic E-state index is 13.3. The van der Waals surface area contributed by atoms with Gasteiger partial charge in [0.05, 0.1) is 18.3 Å². The van der Waals surface area contributed by atoms with Crippen molar-refractivity contribution in [3.8, 4) is 5.75 Å². The summed E-state index contributed by atoms with van der Waals surface area (Å²) in [5, 5.41) is 0. The van der Waals surface area contributed by atoms with E-state index in [0.29, 0.717) is 35.5 Å². The van der Waals surface area contributed by atoms with Crippen molar-refractivity contribution in [3.63, 3.8) is 0 Å². The molecule has 1 aromatic carbocycles. The number of carbonyl (C=O) groups is 1. The maximum Gasteiger partial charge on any atom is 0.163 e. The Kier molecular flexibility index (Phi) is 8.80. The fourth-order valence-electron chi connectivity index (χ4n) is 5.54. The second kappa shape index (κ2) is 11.9. The van der Waals surface area contributed by atoms with Crippen LogP contribution in [0.1, 0.15) is 82.9 Å². The molecule has 39 heavy (non-hydrogen) atoms. The zero-order valence-corrected chi connectivity index (χ0v) is 24.8. The fraction of sp³-hybridized carbons (Fsp3) is 0.531. The van der Waals surface area contributed by atoms with Gasteiger partial charge in [0.15, 0.2) is 11.6 Å². The van der Waals surface area contributed by atoms with Gasteiger partial charge in [0.2, 0.25) is 0 Å². The molecule has 2 aliphatic rings. The van der Waals surface area contributed by atoms with Gasteiger partial charge in [-0.05, 0) is 69.1 Å². The van der Waals surface area contributed by atoms with Crippen LogP contribution in [0.3, 0.4) is 0 Å². The number of nitrogens with zero attached hydrogens (tertiary/aromatic N) is 4. The Morgan fingerprint density at radius 2 is 2.05 bits per heavy atom. The Bertz CT molecular complexity index is 1340. The van der Waals surface area contributed by atoms with Crippen LogP contribution in [0, 0.1) is 17.8 Å². The number of ketones is 1. The second-order valence-corrected chi connectivity index (χ2v) is 11.5. The molecule has 1 fully saturated rings. The van der Waals surface area contributed by atoms with Crippen LogP contribution < -0.4 is 10.5 Å². The van der Waals surface area contributed by atoms with E-state index >= 15 is 0 Å². The summed E-state index contributed by atoms with van der Waals surface area (Å²) in [4.78, 5) is 25.5. The monoisotopic (exact) mass is 531 g/mol. The summed E-state index contributed by atoms with van der Waals surface area (Å²) < 4.78 is 7.87. The third-order valence-corrected chi connectivity index (χ3v) is 8.13. The molecule has 0 saturated heterocycles. The van der Waals surface area contributed by atoms with Gasteiger partial charge in [-0.3, -0.25) is 4.79 Å².